The second-order valence-electron chi connectivity index (χ2n) is 6.09. The lowest BCUT2D eigenvalue weighted by atomic mass is 10.1. The molecule has 2 aromatic rings. The van der Waals surface area contributed by atoms with Crippen molar-refractivity contribution in [3.63, 3.8) is 0 Å². The summed E-state index contributed by atoms with van der Waals surface area (Å²) >= 11 is 0. The largest absolute Gasteiger partial charge is 0.380 e. The number of nitrogens with zero attached hydrogens (tertiary/aromatic N) is 6. The van der Waals surface area contributed by atoms with Gasteiger partial charge < -0.3 is 15.0 Å². The number of methoxy groups -OCH3 is 1. The molecule has 25 heavy (non-hydrogen) atoms. The smallest absolute Gasteiger partial charge is 0.167 e. The Morgan fingerprint density at radius 1 is 1.40 bits per heavy atom. The van der Waals surface area contributed by atoms with Crippen LogP contribution in [0.15, 0.2) is 18.6 Å². The van der Waals surface area contributed by atoms with E-state index in [0.717, 1.165) is 30.0 Å². The van der Waals surface area contributed by atoms with Crippen LogP contribution in [0.1, 0.15) is 23.2 Å². The van der Waals surface area contributed by atoms with Gasteiger partial charge in [-0.25, -0.2) is 9.97 Å². The molecule has 0 radical (unpaired) electrons. The first kappa shape index (κ1) is 17.0. The quantitative estimate of drug-likeness (QED) is 0.874. The van der Waals surface area contributed by atoms with E-state index in [-0.39, 0.29) is 12.1 Å². The van der Waals surface area contributed by atoms with Crippen molar-refractivity contribution < 1.29 is 4.74 Å². The number of aryl methyl sites for hydroxylation is 1. The van der Waals surface area contributed by atoms with Gasteiger partial charge in [-0.3, -0.25) is 0 Å². The van der Waals surface area contributed by atoms with E-state index in [1.807, 2.05) is 19.9 Å². The number of hydrogen-bond acceptors (Lipinski definition) is 8. The Bertz CT molecular complexity index is 775. The van der Waals surface area contributed by atoms with Gasteiger partial charge in [0.2, 0.25) is 0 Å². The number of nitriles is 1. The molecule has 0 unspecified atom stereocenters. The SMILES string of the molecule is CO[C@@H]1C[C@H](CNc2nnc(C)c(C)c2C#N)N(c2ccncn2)C1. The molecule has 3 heterocycles. The highest BCUT2D eigenvalue weighted by Crippen LogP contribution is 2.26. The van der Waals surface area contributed by atoms with Gasteiger partial charge in [0.25, 0.3) is 0 Å². The van der Waals surface area contributed by atoms with Crippen LogP contribution >= 0.6 is 0 Å². The van der Waals surface area contributed by atoms with Crippen LogP contribution in [0.4, 0.5) is 11.6 Å². The van der Waals surface area contributed by atoms with E-state index < -0.39 is 0 Å². The average Bonchev–Trinajstić information content (AvgIpc) is 3.07. The number of aromatic nitrogens is 4. The predicted molar refractivity (Wildman–Crippen MR) is 93.3 cm³/mol. The molecule has 2 atom stereocenters. The van der Waals surface area contributed by atoms with Crippen molar-refractivity contribution in [1.29, 1.82) is 5.26 Å². The van der Waals surface area contributed by atoms with Crippen molar-refractivity contribution in [2.45, 2.75) is 32.4 Å². The molecule has 8 heteroatoms. The lowest BCUT2D eigenvalue weighted by Crippen LogP contribution is -2.36. The lowest BCUT2D eigenvalue weighted by Gasteiger charge is -2.25. The maximum Gasteiger partial charge on any atom is 0.167 e. The van der Waals surface area contributed by atoms with Crippen LogP contribution in [-0.4, -0.2) is 52.5 Å². The van der Waals surface area contributed by atoms with Crippen molar-refractivity contribution in [3.05, 3.63) is 35.4 Å². The van der Waals surface area contributed by atoms with Gasteiger partial charge in [0.05, 0.1) is 17.8 Å². The summed E-state index contributed by atoms with van der Waals surface area (Å²) in [5.41, 5.74) is 2.17. The van der Waals surface area contributed by atoms with E-state index in [1.54, 1.807) is 19.6 Å². The van der Waals surface area contributed by atoms with E-state index in [9.17, 15) is 5.26 Å². The number of rotatable bonds is 5. The van der Waals surface area contributed by atoms with Crippen LogP contribution in [0, 0.1) is 25.2 Å². The maximum atomic E-state index is 9.42. The van der Waals surface area contributed by atoms with Crippen LogP contribution in [0.25, 0.3) is 0 Å². The summed E-state index contributed by atoms with van der Waals surface area (Å²) in [5.74, 6) is 1.39. The molecule has 2 aromatic heterocycles. The minimum absolute atomic E-state index is 0.142. The zero-order valence-corrected chi connectivity index (χ0v) is 14.6. The Morgan fingerprint density at radius 3 is 2.92 bits per heavy atom. The molecule has 1 aliphatic rings. The molecule has 8 nitrogen and oxygen atoms in total. The fourth-order valence-corrected chi connectivity index (χ4v) is 3.06. The first-order valence-electron chi connectivity index (χ1n) is 8.17. The molecule has 130 valence electrons. The topological polar surface area (TPSA) is 99.8 Å². The Hall–Kier alpha value is -2.79. The molecule has 0 saturated carbocycles. The maximum absolute atomic E-state index is 9.42. The molecule has 1 fully saturated rings. The standard InChI is InChI=1S/C17H21N7O/c1-11-12(2)22-23-17(15(11)7-18)20-8-13-6-14(25-3)9-24(13)16-4-5-19-10-21-16/h4-5,10,13-14H,6,8-9H2,1-3H3,(H,20,23)/t13-,14-/m1/s1. The molecule has 0 amide bonds. The van der Waals surface area contributed by atoms with E-state index in [0.29, 0.717) is 17.9 Å². The van der Waals surface area contributed by atoms with E-state index in [2.05, 4.69) is 36.5 Å². The molecule has 0 aromatic carbocycles. The highest BCUT2D eigenvalue weighted by Gasteiger charge is 2.33. The summed E-state index contributed by atoms with van der Waals surface area (Å²) < 4.78 is 5.53. The van der Waals surface area contributed by atoms with Crippen molar-refractivity contribution >= 4 is 11.6 Å². The van der Waals surface area contributed by atoms with Gasteiger partial charge in [-0.1, -0.05) is 0 Å². The van der Waals surface area contributed by atoms with Gasteiger partial charge >= 0.3 is 0 Å². The predicted octanol–water partition coefficient (Wildman–Crippen LogP) is 1.46. The molecule has 0 aliphatic carbocycles. The van der Waals surface area contributed by atoms with Gasteiger partial charge in [-0.2, -0.15) is 10.4 Å². The number of nitrogens with one attached hydrogen (secondary N) is 1. The summed E-state index contributed by atoms with van der Waals surface area (Å²) in [6, 6.07) is 4.29. The zero-order chi connectivity index (χ0) is 17.8. The first-order valence-corrected chi connectivity index (χ1v) is 8.17. The minimum atomic E-state index is 0.142. The molecule has 1 N–H and O–H groups in total. The monoisotopic (exact) mass is 339 g/mol. The van der Waals surface area contributed by atoms with Gasteiger partial charge in [0.1, 0.15) is 23.8 Å². The van der Waals surface area contributed by atoms with Crippen molar-refractivity contribution in [3.8, 4) is 6.07 Å². The summed E-state index contributed by atoms with van der Waals surface area (Å²) in [6.45, 7) is 5.13. The third kappa shape index (κ3) is 3.51. The van der Waals surface area contributed by atoms with E-state index >= 15 is 0 Å². The second-order valence-corrected chi connectivity index (χ2v) is 6.09. The number of ether oxygens (including phenoxy) is 1. The van der Waals surface area contributed by atoms with Gasteiger partial charge in [0.15, 0.2) is 5.82 Å². The zero-order valence-electron chi connectivity index (χ0n) is 14.6. The van der Waals surface area contributed by atoms with E-state index in [1.165, 1.54) is 0 Å². The molecule has 0 spiro atoms. The highest BCUT2D eigenvalue weighted by molar-refractivity contribution is 5.56. The normalized spacial score (nSPS) is 19.7. The fraction of sp³-hybridized carbons (Fsp3) is 0.471. The summed E-state index contributed by atoms with van der Waals surface area (Å²) in [5, 5.41) is 21.0. The molecular weight excluding hydrogens is 318 g/mol. The fourth-order valence-electron chi connectivity index (χ4n) is 3.06. The highest BCUT2D eigenvalue weighted by atomic mass is 16.5. The van der Waals surface area contributed by atoms with Crippen LogP contribution in [0.2, 0.25) is 0 Å². The van der Waals surface area contributed by atoms with Crippen LogP contribution < -0.4 is 10.2 Å². The van der Waals surface area contributed by atoms with Crippen molar-refractivity contribution in [2.24, 2.45) is 0 Å². The van der Waals surface area contributed by atoms with Crippen LogP contribution in [0.3, 0.4) is 0 Å². The Kier molecular flexibility index (Phi) is 5.05. The van der Waals surface area contributed by atoms with Gasteiger partial charge in [-0.05, 0) is 31.9 Å². The van der Waals surface area contributed by atoms with Crippen molar-refractivity contribution in [1.82, 2.24) is 20.2 Å². The third-order valence-electron chi connectivity index (χ3n) is 4.64. The third-order valence-corrected chi connectivity index (χ3v) is 4.64. The summed E-state index contributed by atoms with van der Waals surface area (Å²) in [4.78, 5) is 10.5. The number of anilines is 2. The lowest BCUT2D eigenvalue weighted by molar-refractivity contribution is 0.118. The Labute approximate surface area is 146 Å². The van der Waals surface area contributed by atoms with Crippen LogP contribution in [-0.2, 0) is 4.74 Å². The van der Waals surface area contributed by atoms with Crippen LogP contribution in [0.5, 0.6) is 0 Å². The molecule has 3 rings (SSSR count). The molecule has 0 bridgehead atoms. The molecular formula is C17H21N7O. The van der Waals surface area contributed by atoms with Crippen molar-refractivity contribution in [2.75, 3.05) is 30.4 Å². The Balaban J connectivity index is 1.77. The summed E-state index contributed by atoms with van der Waals surface area (Å²) in [6.07, 6.45) is 4.29. The molecule has 1 saturated heterocycles. The second kappa shape index (κ2) is 7.40. The van der Waals surface area contributed by atoms with E-state index in [4.69, 9.17) is 4.74 Å². The van der Waals surface area contributed by atoms with Gasteiger partial charge in [0, 0.05) is 26.4 Å². The summed E-state index contributed by atoms with van der Waals surface area (Å²) in [7, 11) is 1.72. The molecule has 1 aliphatic heterocycles. The Morgan fingerprint density at radius 2 is 2.24 bits per heavy atom. The average molecular weight is 339 g/mol. The minimum Gasteiger partial charge on any atom is -0.380 e. The van der Waals surface area contributed by atoms with Gasteiger partial charge in [-0.15, -0.1) is 5.10 Å². The number of hydrogen-bond donors (Lipinski definition) is 1. The first-order chi connectivity index (χ1) is 12.1.